The van der Waals surface area contributed by atoms with Gasteiger partial charge in [-0.1, -0.05) is 56.5 Å². The zero-order valence-electron chi connectivity index (χ0n) is 14.4. The SMILES string of the molecule is CCCNC(Cc1ccccc1)C(OCC)C1CCCCC1. The van der Waals surface area contributed by atoms with Crippen molar-refractivity contribution in [3.63, 3.8) is 0 Å². The number of ether oxygens (including phenoxy) is 1. The number of nitrogens with one attached hydrogen (secondary N) is 1. The van der Waals surface area contributed by atoms with E-state index in [1.165, 1.54) is 44.1 Å². The van der Waals surface area contributed by atoms with Crippen LogP contribution in [0.4, 0.5) is 0 Å². The van der Waals surface area contributed by atoms with E-state index in [2.05, 4.69) is 49.5 Å². The van der Waals surface area contributed by atoms with Crippen molar-refractivity contribution in [1.82, 2.24) is 5.32 Å². The summed E-state index contributed by atoms with van der Waals surface area (Å²) < 4.78 is 6.25. The predicted octanol–water partition coefficient (Wildman–Crippen LogP) is 4.58. The molecule has 0 radical (unpaired) electrons. The van der Waals surface area contributed by atoms with Gasteiger partial charge in [0.1, 0.15) is 0 Å². The first-order valence-electron chi connectivity index (χ1n) is 9.24. The maximum atomic E-state index is 6.25. The monoisotopic (exact) mass is 303 g/mol. The van der Waals surface area contributed by atoms with Crippen molar-refractivity contribution in [1.29, 1.82) is 0 Å². The van der Waals surface area contributed by atoms with Gasteiger partial charge in [0.25, 0.3) is 0 Å². The Labute approximate surface area is 136 Å². The Morgan fingerprint density at radius 1 is 1.09 bits per heavy atom. The molecule has 2 heteroatoms. The molecule has 1 saturated carbocycles. The maximum Gasteiger partial charge on any atom is 0.0759 e. The number of hydrogen-bond donors (Lipinski definition) is 1. The molecule has 2 rings (SSSR count). The van der Waals surface area contributed by atoms with Gasteiger partial charge in [-0.15, -0.1) is 0 Å². The summed E-state index contributed by atoms with van der Waals surface area (Å²) >= 11 is 0. The zero-order chi connectivity index (χ0) is 15.6. The van der Waals surface area contributed by atoms with Gasteiger partial charge in [0.15, 0.2) is 0 Å². The van der Waals surface area contributed by atoms with Crippen LogP contribution in [0.3, 0.4) is 0 Å². The molecule has 0 aliphatic heterocycles. The third-order valence-corrected chi connectivity index (χ3v) is 4.83. The first-order chi connectivity index (χ1) is 10.8. The molecule has 0 spiro atoms. The maximum absolute atomic E-state index is 6.25. The topological polar surface area (TPSA) is 21.3 Å². The first-order valence-corrected chi connectivity index (χ1v) is 9.24. The second-order valence-corrected chi connectivity index (χ2v) is 6.57. The summed E-state index contributed by atoms with van der Waals surface area (Å²) in [6, 6.07) is 11.3. The quantitative estimate of drug-likeness (QED) is 0.721. The van der Waals surface area contributed by atoms with Crippen molar-refractivity contribution in [2.75, 3.05) is 13.2 Å². The van der Waals surface area contributed by atoms with Crippen LogP contribution in [0.2, 0.25) is 0 Å². The van der Waals surface area contributed by atoms with Crippen LogP contribution >= 0.6 is 0 Å². The molecule has 0 bridgehead atoms. The molecule has 1 fully saturated rings. The lowest BCUT2D eigenvalue weighted by atomic mass is 9.81. The fraction of sp³-hybridized carbons (Fsp3) is 0.700. The summed E-state index contributed by atoms with van der Waals surface area (Å²) in [5.74, 6) is 0.728. The highest BCUT2D eigenvalue weighted by atomic mass is 16.5. The van der Waals surface area contributed by atoms with E-state index >= 15 is 0 Å². The summed E-state index contributed by atoms with van der Waals surface area (Å²) in [7, 11) is 0. The van der Waals surface area contributed by atoms with Crippen LogP contribution in [0.1, 0.15) is 57.9 Å². The molecule has 1 aromatic carbocycles. The predicted molar refractivity (Wildman–Crippen MR) is 94.2 cm³/mol. The van der Waals surface area contributed by atoms with Crippen LogP contribution in [0.15, 0.2) is 30.3 Å². The average Bonchev–Trinajstić information content (AvgIpc) is 2.58. The molecule has 0 amide bonds. The van der Waals surface area contributed by atoms with Crippen molar-refractivity contribution in [2.45, 2.75) is 70.9 Å². The van der Waals surface area contributed by atoms with E-state index in [0.717, 1.165) is 25.5 Å². The Morgan fingerprint density at radius 2 is 1.82 bits per heavy atom. The lowest BCUT2D eigenvalue weighted by Crippen LogP contribution is -2.47. The van der Waals surface area contributed by atoms with E-state index in [0.29, 0.717) is 12.1 Å². The molecule has 1 aromatic rings. The van der Waals surface area contributed by atoms with Crippen molar-refractivity contribution in [3.8, 4) is 0 Å². The Kier molecular flexibility index (Phi) is 7.96. The molecule has 2 unspecified atom stereocenters. The van der Waals surface area contributed by atoms with Gasteiger partial charge >= 0.3 is 0 Å². The lowest BCUT2D eigenvalue weighted by molar-refractivity contribution is -0.0174. The molecule has 1 aliphatic rings. The van der Waals surface area contributed by atoms with Gasteiger partial charge in [-0.3, -0.25) is 0 Å². The second kappa shape index (κ2) is 10.0. The van der Waals surface area contributed by atoms with Gasteiger partial charge in [0, 0.05) is 12.6 Å². The van der Waals surface area contributed by atoms with E-state index < -0.39 is 0 Å². The summed E-state index contributed by atoms with van der Waals surface area (Å²) in [6.45, 7) is 6.27. The summed E-state index contributed by atoms with van der Waals surface area (Å²) in [5, 5.41) is 3.78. The molecular formula is C20H33NO. The lowest BCUT2D eigenvalue weighted by Gasteiger charge is -2.36. The minimum atomic E-state index is 0.358. The smallest absolute Gasteiger partial charge is 0.0759 e. The van der Waals surface area contributed by atoms with E-state index in [9.17, 15) is 0 Å². The van der Waals surface area contributed by atoms with Crippen LogP contribution in [0, 0.1) is 5.92 Å². The molecule has 124 valence electrons. The fourth-order valence-corrected chi connectivity index (χ4v) is 3.74. The molecule has 1 N–H and O–H groups in total. The Hall–Kier alpha value is -0.860. The normalized spacial score (nSPS) is 19.0. The number of benzene rings is 1. The fourth-order valence-electron chi connectivity index (χ4n) is 3.74. The molecule has 0 heterocycles. The Morgan fingerprint density at radius 3 is 2.45 bits per heavy atom. The minimum absolute atomic E-state index is 0.358. The van der Waals surface area contributed by atoms with Gasteiger partial charge in [-0.25, -0.2) is 0 Å². The van der Waals surface area contributed by atoms with E-state index in [-0.39, 0.29) is 0 Å². The molecule has 0 saturated heterocycles. The second-order valence-electron chi connectivity index (χ2n) is 6.57. The van der Waals surface area contributed by atoms with Crippen molar-refractivity contribution in [3.05, 3.63) is 35.9 Å². The molecule has 2 nitrogen and oxygen atoms in total. The minimum Gasteiger partial charge on any atom is -0.377 e. The summed E-state index contributed by atoms with van der Waals surface area (Å²) in [4.78, 5) is 0. The number of hydrogen-bond acceptors (Lipinski definition) is 2. The third-order valence-electron chi connectivity index (χ3n) is 4.83. The average molecular weight is 303 g/mol. The number of rotatable bonds is 9. The third kappa shape index (κ3) is 5.40. The molecular weight excluding hydrogens is 270 g/mol. The van der Waals surface area contributed by atoms with Gasteiger partial charge < -0.3 is 10.1 Å². The van der Waals surface area contributed by atoms with Gasteiger partial charge in [0.05, 0.1) is 6.10 Å². The highest BCUT2D eigenvalue weighted by molar-refractivity contribution is 5.16. The van der Waals surface area contributed by atoms with E-state index in [1.54, 1.807) is 0 Å². The highest BCUT2D eigenvalue weighted by Gasteiger charge is 2.30. The van der Waals surface area contributed by atoms with Gasteiger partial charge in [0.2, 0.25) is 0 Å². The largest absolute Gasteiger partial charge is 0.377 e. The van der Waals surface area contributed by atoms with Crippen molar-refractivity contribution < 1.29 is 4.74 Å². The van der Waals surface area contributed by atoms with Crippen LogP contribution in [0.25, 0.3) is 0 Å². The highest BCUT2D eigenvalue weighted by Crippen LogP contribution is 2.30. The van der Waals surface area contributed by atoms with Crippen LogP contribution in [0.5, 0.6) is 0 Å². The van der Waals surface area contributed by atoms with Crippen molar-refractivity contribution in [2.24, 2.45) is 5.92 Å². The molecule has 1 aliphatic carbocycles. The standard InChI is InChI=1S/C20H33NO/c1-3-15-21-19(16-17-11-7-5-8-12-17)20(22-4-2)18-13-9-6-10-14-18/h5,7-8,11-12,18-21H,3-4,6,9-10,13-16H2,1-2H3. The molecule has 0 aromatic heterocycles. The van der Waals surface area contributed by atoms with Gasteiger partial charge in [-0.05, 0) is 50.6 Å². The molecule has 2 atom stereocenters. The Bertz CT molecular complexity index is 386. The van der Waals surface area contributed by atoms with Crippen molar-refractivity contribution >= 4 is 0 Å². The first kappa shape index (κ1) is 17.5. The van der Waals surface area contributed by atoms with Gasteiger partial charge in [-0.2, -0.15) is 0 Å². The zero-order valence-corrected chi connectivity index (χ0v) is 14.4. The summed E-state index contributed by atoms with van der Waals surface area (Å²) in [5.41, 5.74) is 1.41. The van der Waals surface area contributed by atoms with Crippen LogP contribution in [-0.2, 0) is 11.2 Å². The Balaban J connectivity index is 2.07. The summed E-state index contributed by atoms with van der Waals surface area (Å²) in [6.07, 6.45) is 9.43. The van der Waals surface area contributed by atoms with E-state index in [4.69, 9.17) is 4.74 Å². The van der Waals surface area contributed by atoms with E-state index in [1.807, 2.05) is 0 Å². The van der Waals surface area contributed by atoms with Crippen LogP contribution < -0.4 is 5.32 Å². The molecule has 22 heavy (non-hydrogen) atoms. The van der Waals surface area contributed by atoms with Crippen LogP contribution in [-0.4, -0.2) is 25.3 Å².